The summed E-state index contributed by atoms with van der Waals surface area (Å²) in [5.41, 5.74) is 3.88. The van der Waals surface area contributed by atoms with Crippen molar-refractivity contribution in [1.82, 2.24) is 5.32 Å². The second-order valence-corrected chi connectivity index (χ2v) is 4.38. The van der Waals surface area contributed by atoms with Crippen LogP contribution in [0.3, 0.4) is 0 Å². The Hall–Kier alpha value is -0.600. The second-order valence-electron chi connectivity index (χ2n) is 3.53. The molecule has 0 aliphatic carbocycles. The number of hydrogen-bond acceptors (Lipinski definition) is 1. The highest BCUT2D eigenvalue weighted by Gasteiger charge is 1.95. The topological polar surface area (TPSA) is 12.0 Å². The predicted octanol–water partition coefficient (Wildman–Crippen LogP) is 3.38. The molecular formula is C12H16BrN. The zero-order chi connectivity index (χ0) is 10.6. The van der Waals surface area contributed by atoms with Crippen LogP contribution in [0.4, 0.5) is 0 Å². The third-order valence-electron chi connectivity index (χ3n) is 2.05. The Bertz CT molecular complexity index is 342. The Balaban J connectivity index is 2.87. The van der Waals surface area contributed by atoms with Crippen molar-refractivity contribution in [1.29, 1.82) is 0 Å². The molecule has 0 saturated carbocycles. The fourth-order valence-electron chi connectivity index (χ4n) is 1.37. The SMILES string of the molecule is CNCC(C)=Cc1ccc(Br)c(C)c1. The molecule has 14 heavy (non-hydrogen) atoms. The van der Waals surface area contributed by atoms with Crippen LogP contribution >= 0.6 is 15.9 Å². The molecule has 1 rings (SSSR count). The first-order valence-electron chi connectivity index (χ1n) is 4.71. The molecular weight excluding hydrogens is 238 g/mol. The van der Waals surface area contributed by atoms with E-state index >= 15 is 0 Å². The molecule has 0 spiro atoms. The Morgan fingerprint density at radius 3 is 2.79 bits per heavy atom. The first-order chi connectivity index (χ1) is 6.63. The van der Waals surface area contributed by atoms with E-state index in [4.69, 9.17) is 0 Å². The van der Waals surface area contributed by atoms with Crippen LogP contribution in [0, 0.1) is 6.92 Å². The fraction of sp³-hybridized carbons (Fsp3) is 0.333. The summed E-state index contributed by atoms with van der Waals surface area (Å²) in [6.07, 6.45) is 2.20. The van der Waals surface area contributed by atoms with E-state index in [9.17, 15) is 0 Å². The monoisotopic (exact) mass is 253 g/mol. The van der Waals surface area contributed by atoms with Gasteiger partial charge in [0.05, 0.1) is 0 Å². The van der Waals surface area contributed by atoms with Gasteiger partial charge in [-0.2, -0.15) is 0 Å². The summed E-state index contributed by atoms with van der Waals surface area (Å²) in [7, 11) is 1.96. The van der Waals surface area contributed by atoms with Gasteiger partial charge in [-0.15, -0.1) is 0 Å². The van der Waals surface area contributed by atoms with E-state index in [0.717, 1.165) is 6.54 Å². The van der Waals surface area contributed by atoms with Crippen molar-refractivity contribution in [2.45, 2.75) is 13.8 Å². The van der Waals surface area contributed by atoms with Gasteiger partial charge in [0.2, 0.25) is 0 Å². The highest BCUT2D eigenvalue weighted by atomic mass is 79.9. The van der Waals surface area contributed by atoms with Crippen LogP contribution in [0.25, 0.3) is 6.08 Å². The maximum atomic E-state index is 3.49. The lowest BCUT2D eigenvalue weighted by Crippen LogP contribution is -2.08. The van der Waals surface area contributed by atoms with Crippen LogP contribution in [0.2, 0.25) is 0 Å². The van der Waals surface area contributed by atoms with Gasteiger partial charge in [-0.3, -0.25) is 0 Å². The number of nitrogens with one attached hydrogen (secondary N) is 1. The fourth-order valence-corrected chi connectivity index (χ4v) is 1.62. The minimum atomic E-state index is 0.940. The molecule has 1 nitrogen and oxygen atoms in total. The number of rotatable bonds is 3. The van der Waals surface area contributed by atoms with E-state index in [-0.39, 0.29) is 0 Å². The molecule has 0 bridgehead atoms. The summed E-state index contributed by atoms with van der Waals surface area (Å²) in [4.78, 5) is 0. The van der Waals surface area contributed by atoms with Gasteiger partial charge >= 0.3 is 0 Å². The molecule has 1 N–H and O–H groups in total. The van der Waals surface area contributed by atoms with E-state index in [1.54, 1.807) is 0 Å². The van der Waals surface area contributed by atoms with Crippen molar-refractivity contribution in [3.8, 4) is 0 Å². The van der Waals surface area contributed by atoms with E-state index in [1.807, 2.05) is 7.05 Å². The van der Waals surface area contributed by atoms with Gasteiger partial charge in [-0.25, -0.2) is 0 Å². The number of hydrogen-bond donors (Lipinski definition) is 1. The number of aryl methyl sites for hydroxylation is 1. The van der Waals surface area contributed by atoms with Crippen LogP contribution in [0.15, 0.2) is 28.2 Å². The van der Waals surface area contributed by atoms with Gasteiger partial charge in [-0.05, 0) is 38.1 Å². The third kappa shape index (κ3) is 3.28. The molecule has 0 aliphatic rings. The average molecular weight is 254 g/mol. The van der Waals surface area contributed by atoms with Crippen molar-refractivity contribution < 1.29 is 0 Å². The lowest BCUT2D eigenvalue weighted by molar-refractivity contribution is 0.884. The van der Waals surface area contributed by atoms with Gasteiger partial charge in [0.1, 0.15) is 0 Å². The van der Waals surface area contributed by atoms with Crippen LogP contribution in [-0.4, -0.2) is 13.6 Å². The largest absolute Gasteiger partial charge is 0.316 e. The highest BCUT2D eigenvalue weighted by molar-refractivity contribution is 9.10. The number of likely N-dealkylation sites (N-methyl/N-ethyl adjacent to an activating group) is 1. The predicted molar refractivity (Wildman–Crippen MR) is 66.5 cm³/mol. The zero-order valence-corrected chi connectivity index (χ0v) is 10.5. The quantitative estimate of drug-likeness (QED) is 0.871. The summed E-state index contributed by atoms with van der Waals surface area (Å²) in [5.74, 6) is 0. The second kappa shape index (κ2) is 5.32. The zero-order valence-electron chi connectivity index (χ0n) is 8.89. The van der Waals surface area contributed by atoms with Crippen LogP contribution < -0.4 is 5.32 Å². The maximum absolute atomic E-state index is 3.49. The van der Waals surface area contributed by atoms with Crippen LogP contribution in [-0.2, 0) is 0 Å². The lowest BCUT2D eigenvalue weighted by Gasteiger charge is -2.02. The Labute approximate surface area is 94.3 Å². The van der Waals surface area contributed by atoms with Gasteiger partial charge in [0.25, 0.3) is 0 Å². The summed E-state index contributed by atoms with van der Waals surface area (Å²) in [5, 5.41) is 3.14. The molecule has 0 atom stereocenters. The van der Waals surface area contributed by atoms with Crippen LogP contribution in [0.5, 0.6) is 0 Å². The Kier molecular flexibility index (Phi) is 4.36. The van der Waals surface area contributed by atoms with E-state index < -0.39 is 0 Å². The minimum absolute atomic E-state index is 0.940. The molecule has 76 valence electrons. The van der Waals surface area contributed by atoms with E-state index in [2.05, 4.69) is 59.4 Å². The minimum Gasteiger partial charge on any atom is -0.316 e. The molecule has 2 heteroatoms. The number of benzene rings is 1. The molecule has 0 radical (unpaired) electrons. The van der Waals surface area contributed by atoms with Gasteiger partial charge in [0.15, 0.2) is 0 Å². The van der Waals surface area contributed by atoms with Gasteiger partial charge in [0, 0.05) is 11.0 Å². The Morgan fingerprint density at radius 1 is 1.50 bits per heavy atom. The maximum Gasteiger partial charge on any atom is 0.0204 e. The molecule has 0 saturated heterocycles. The third-order valence-corrected chi connectivity index (χ3v) is 2.94. The van der Waals surface area contributed by atoms with Crippen molar-refractivity contribution in [3.05, 3.63) is 39.4 Å². The lowest BCUT2D eigenvalue weighted by atomic mass is 10.1. The molecule has 0 aliphatic heterocycles. The van der Waals surface area contributed by atoms with Crippen molar-refractivity contribution in [3.63, 3.8) is 0 Å². The molecule has 0 amide bonds. The number of halogens is 1. The van der Waals surface area contributed by atoms with Crippen molar-refractivity contribution >= 4 is 22.0 Å². The first-order valence-corrected chi connectivity index (χ1v) is 5.50. The molecule has 0 fully saturated rings. The summed E-state index contributed by atoms with van der Waals surface area (Å²) < 4.78 is 1.17. The average Bonchev–Trinajstić information content (AvgIpc) is 2.12. The standard InChI is InChI=1S/C12H16BrN/c1-9(8-14-3)6-11-4-5-12(13)10(2)7-11/h4-7,14H,8H2,1-3H3. The summed E-state index contributed by atoms with van der Waals surface area (Å²) in [6.45, 7) is 5.18. The first kappa shape index (κ1) is 11.5. The molecule has 1 aromatic rings. The molecule has 1 aromatic carbocycles. The molecule has 0 unspecified atom stereocenters. The van der Waals surface area contributed by atoms with Crippen molar-refractivity contribution in [2.24, 2.45) is 0 Å². The summed E-state index contributed by atoms with van der Waals surface area (Å²) in [6, 6.07) is 6.40. The molecule has 0 heterocycles. The molecule has 0 aromatic heterocycles. The van der Waals surface area contributed by atoms with Gasteiger partial charge < -0.3 is 5.32 Å². The summed E-state index contributed by atoms with van der Waals surface area (Å²) >= 11 is 3.49. The van der Waals surface area contributed by atoms with E-state index in [0.29, 0.717) is 0 Å². The van der Waals surface area contributed by atoms with Crippen LogP contribution in [0.1, 0.15) is 18.1 Å². The van der Waals surface area contributed by atoms with E-state index in [1.165, 1.54) is 21.2 Å². The van der Waals surface area contributed by atoms with Gasteiger partial charge in [-0.1, -0.05) is 39.7 Å². The smallest absolute Gasteiger partial charge is 0.0204 e. The highest BCUT2D eigenvalue weighted by Crippen LogP contribution is 2.18. The normalized spacial score (nSPS) is 11.9. The Morgan fingerprint density at radius 2 is 2.21 bits per heavy atom. The van der Waals surface area contributed by atoms with Crippen molar-refractivity contribution in [2.75, 3.05) is 13.6 Å².